The summed E-state index contributed by atoms with van der Waals surface area (Å²) >= 11 is 1.34. The van der Waals surface area contributed by atoms with Gasteiger partial charge in [-0.25, -0.2) is 9.89 Å². The number of aromatic amines is 1. The molecule has 1 saturated carbocycles. The Morgan fingerprint density at radius 2 is 2.50 bits per heavy atom. The van der Waals surface area contributed by atoms with Crippen LogP contribution in [0.4, 0.5) is 0 Å². The minimum atomic E-state index is -0.895. The maximum Gasteiger partial charge on any atom is 0.344 e. The molecule has 6 nitrogen and oxygen atoms in total. The lowest BCUT2D eigenvalue weighted by molar-refractivity contribution is 0.636. The van der Waals surface area contributed by atoms with Gasteiger partial charge in [0.05, 0.1) is 6.07 Å². The first kappa shape index (κ1) is 11.2. The van der Waals surface area contributed by atoms with Crippen LogP contribution >= 0.6 is 11.8 Å². The highest BCUT2D eigenvalue weighted by atomic mass is 32.2. The molecule has 3 N–H and O–H groups in total. The predicted octanol–water partition coefficient (Wildman–Crippen LogP) is 0.239. The summed E-state index contributed by atoms with van der Waals surface area (Å²) in [6.07, 6.45) is 2.04. The van der Waals surface area contributed by atoms with Crippen LogP contribution in [0.3, 0.4) is 0 Å². The van der Waals surface area contributed by atoms with Gasteiger partial charge < -0.3 is 5.73 Å². The molecule has 0 bridgehead atoms. The van der Waals surface area contributed by atoms with Gasteiger partial charge in [0.15, 0.2) is 5.16 Å². The maximum atomic E-state index is 11.5. The smallest absolute Gasteiger partial charge is 0.313 e. The molecule has 86 valence electrons. The Morgan fingerprint density at radius 3 is 3.06 bits per heavy atom. The third-order valence-corrected chi connectivity index (χ3v) is 3.63. The van der Waals surface area contributed by atoms with E-state index in [2.05, 4.69) is 10.2 Å². The average molecular weight is 239 g/mol. The molecular formula is C9H13N5OS. The third kappa shape index (κ3) is 2.28. The van der Waals surface area contributed by atoms with Crippen molar-refractivity contribution in [3.63, 3.8) is 0 Å². The quantitative estimate of drug-likeness (QED) is 0.733. The number of aromatic nitrogens is 3. The van der Waals surface area contributed by atoms with Crippen LogP contribution < -0.4 is 11.4 Å². The van der Waals surface area contributed by atoms with E-state index in [0.29, 0.717) is 10.9 Å². The maximum absolute atomic E-state index is 11.5. The van der Waals surface area contributed by atoms with Crippen molar-refractivity contribution in [1.29, 1.82) is 5.26 Å². The number of hydrogen-bond acceptors (Lipinski definition) is 5. The molecule has 0 amide bonds. The molecule has 1 aromatic heterocycles. The van der Waals surface area contributed by atoms with Gasteiger partial charge in [0, 0.05) is 11.8 Å². The van der Waals surface area contributed by atoms with Gasteiger partial charge in [0.2, 0.25) is 0 Å². The lowest BCUT2D eigenvalue weighted by Crippen LogP contribution is -2.37. The van der Waals surface area contributed by atoms with Gasteiger partial charge in [-0.1, -0.05) is 11.8 Å². The second-order valence-electron chi connectivity index (χ2n) is 4.23. The zero-order chi connectivity index (χ0) is 11.8. The largest absolute Gasteiger partial charge is 0.344 e. The van der Waals surface area contributed by atoms with Gasteiger partial charge in [0.25, 0.3) is 0 Å². The number of rotatable bonds is 4. The molecule has 0 spiro atoms. The van der Waals surface area contributed by atoms with Crippen molar-refractivity contribution in [1.82, 2.24) is 14.8 Å². The van der Waals surface area contributed by atoms with Crippen molar-refractivity contribution in [3.8, 4) is 6.07 Å². The molecule has 1 aromatic rings. The van der Waals surface area contributed by atoms with Gasteiger partial charge in [-0.3, -0.25) is 4.57 Å². The first-order valence-corrected chi connectivity index (χ1v) is 6.02. The minimum Gasteiger partial charge on any atom is -0.313 e. The van der Waals surface area contributed by atoms with E-state index in [0.717, 1.165) is 12.8 Å². The van der Waals surface area contributed by atoms with Crippen molar-refractivity contribution in [2.75, 3.05) is 5.75 Å². The Balaban J connectivity index is 2.11. The Bertz CT molecular complexity index is 479. The number of nitrogens with two attached hydrogens (primary N) is 1. The van der Waals surface area contributed by atoms with Crippen LogP contribution in [0.1, 0.15) is 25.8 Å². The molecular weight excluding hydrogens is 226 g/mol. The second kappa shape index (κ2) is 3.96. The van der Waals surface area contributed by atoms with Crippen LogP contribution in [0.25, 0.3) is 0 Å². The predicted molar refractivity (Wildman–Crippen MR) is 60.0 cm³/mol. The lowest BCUT2D eigenvalue weighted by atomic mass is 10.1. The summed E-state index contributed by atoms with van der Waals surface area (Å²) in [5.74, 6) is 0.417. The first-order valence-electron chi connectivity index (χ1n) is 5.03. The van der Waals surface area contributed by atoms with E-state index in [4.69, 9.17) is 11.0 Å². The van der Waals surface area contributed by atoms with E-state index in [1.165, 1.54) is 11.8 Å². The SMILES string of the molecule is CC(N)(C#N)CSc1n[nH]c(=O)n1C1CC1. The highest BCUT2D eigenvalue weighted by Gasteiger charge is 2.29. The fourth-order valence-electron chi connectivity index (χ4n) is 1.29. The second-order valence-corrected chi connectivity index (χ2v) is 5.17. The molecule has 0 radical (unpaired) electrons. The molecule has 0 aliphatic heterocycles. The Hall–Kier alpha value is -1.26. The zero-order valence-electron chi connectivity index (χ0n) is 8.93. The van der Waals surface area contributed by atoms with Crippen molar-refractivity contribution in [2.24, 2.45) is 5.73 Å². The van der Waals surface area contributed by atoms with Gasteiger partial charge in [0.1, 0.15) is 5.54 Å². The Kier molecular flexibility index (Phi) is 2.78. The summed E-state index contributed by atoms with van der Waals surface area (Å²) in [5, 5.41) is 15.8. The van der Waals surface area contributed by atoms with E-state index in [-0.39, 0.29) is 11.7 Å². The van der Waals surface area contributed by atoms with E-state index in [1.807, 2.05) is 6.07 Å². The molecule has 1 fully saturated rings. The monoisotopic (exact) mass is 239 g/mol. The molecule has 16 heavy (non-hydrogen) atoms. The molecule has 1 atom stereocenters. The van der Waals surface area contributed by atoms with Gasteiger partial charge in [-0.2, -0.15) is 5.26 Å². The highest BCUT2D eigenvalue weighted by molar-refractivity contribution is 7.99. The molecule has 1 heterocycles. The highest BCUT2D eigenvalue weighted by Crippen LogP contribution is 2.36. The summed E-state index contributed by atoms with van der Waals surface area (Å²) in [6, 6.07) is 2.29. The molecule has 2 rings (SSSR count). The van der Waals surface area contributed by atoms with Gasteiger partial charge in [-0.15, -0.1) is 5.10 Å². The lowest BCUT2D eigenvalue weighted by Gasteiger charge is -2.13. The van der Waals surface area contributed by atoms with Crippen molar-refractivity contribution < 1.29 is 0 Å². The van der Waals surface area contributed by atoms with Crippen LogP contribution in [-0.2, 0) is 0 Å². The van der Waals surface area contributed by atoms with Crippen molar-refractivity contribution in [3.05, 3.63) is 10.5 Å². The number of nitrogens with zero attached hydrogens (tertiary/aromatic N) is 3. The molecule has 0 saturated heterocycles. The Labute approximate surface area is 96.8 Å². The molecule has 1 aliphatic carbocycles. The molecule has 0 aromatic carbocycles. The number of nitrogens with one attached hydrogen (secondary N) is 1. The molecule has 7 heteroatoms. The summed E-state index contributed by atoms with van der Waals surface area (Å²) in [6.45, 7) is 1.66. The number of hydrogen-bond donors (Lipinski definition) is 2. The fraction of sp³-hybridized carbons (Fsp3) is 0.667. The van der Waals surface area contributed by atoms with E-state index in [9.17, 15) is 4.79 Å². The van der Waals surface area contributed by atoms with Crippen LogP contribution in [0.15, 0.2) is 9.95 Å². The van der Waals surface area contributed by atoms with E-state index >= 15 is 0 Å². The minimum absolute atomic E-state index is 0.180. The molecule has 1 unspecified atom stereocenters. The topological polar surface area (TPSA) is 100 Å². The average Bonchev–Trinajstić information content (AvgIpc) is 3.01. The summed E-state index contributed by atoms with van der Waals surface area (Å²) in [7, 11) is 0. The van der Waals surface area contributed by atoms with Crippen molar-refractivity contribution in [2.45, 2.75) is 36.5 Å². The van der Waals surface area contributed by atoms with Crippen molar-refractivity contribution >= 4 is 11.8 Å². The number of thioether (sulfide) groups is 1. The number of nitriles is 1. The zero-order valence-corrected chi connectivity index (χ0v) is 9.75. The molecule has 1 aliphatic rings. The normalized spacial score (nSPS) is 19.1. The standard InChI is InChI=1S/C9H13N5OS/c1-9(11,4-10)5-16-8-13-12-7(15)14(8)6-2-3-6/h6H,2-3,5,11H2,1H3,(H,12,15). The Morgan fingerprint density at radius 1 is 1.81 bits per heavy atom. The number of H-pyrrole nitrogens is 1. The van der Waals surface area contributed by atoms with Crippen LogP contribution in [0, 0.1) is 11.3 Å². The summed E-state index contributed by atoms with van der Waals surface area (Å²) in [5.41, 5.74) is 4.63. The van der Waals surface area contributed by atoms with E-state index in [1.54, 1.807) is 11.5 Å². The van der Waals surface area contributed by atoms with Gasteiger partial charge in [-0.05, 0) is 19.8 Å². The van der Waals surface area contributed by atoms with Gasteiger partial charge >= 0.3 is 5.69 Å². The first-order chi connectivity index (χ1) is 7.53. The van der Waals surface area contributed by atoms with Crippen LogP contribution in [0.5, 0.6) is 0 Å². The summed E-state index contributed by atoms with van der Waals surface area (Å²) < 4.78 is 1.65. The van der Waals surface area contributed by atoms with Crippen LogP contribution in [0.2, 0.25) is 0 Å². The third-order valence-electron chi connectivity index (χ3n) is 2.34. The fourth-order valence-corrected chi connectivity index (χ4v) is 2.27. The summed E-state index contributed by atoms with van der Waals surface area (Å²) in [4.78, 5) is 11.5. The van der Waals surface area contributed by atoms with E-state index < -0.39 is 5.54 Å². The van der Waals surface area contributed by atoms with Crippen LogP contribution in [-0.4, -0.2) is 26.1 Å².